The van der Waals surface area contributed by atoms with Gasteiger partial charge < -0.3 is 5.73 Å². The Morgan fingerprint density at radius 2 is 2.15 bits per heavy atom. The van der Waals surface area contributed by atoms with Crippen molar-refractivity contribution in [3.8, 4) is 0 Å². The fourth-order valence-corrected chi connectivity index (χ4v) is 3.07. The highest BCUT2D eigenvalue weighted by atomic mass is 32.2. The summed E-state index contributed by atoms with van der Waals surface area (Å²) in [6.07, 6.45) is 1.42. The molecular formula is C12H17N5O2S. The van der Waals surface area contributed by atoms with E-state index >= 15 is 0 Å². The van der Waals surface area contributed by atoms with Gasteiger partial charge in [-0.05, 0) is 19.1 Å². The van der Waals surface area contributed by atoms with Crippen LogP contribution in [0.1, 0.15) is 17.0 Å². The van der Waals surface area contributed by atoms with Gasteiger partial charge in [0.2, 0.25) is 0 Å². The lowest BCUT2D eigenvalue weighted by molar-refractivity contribution is 0.458. The lowest BCUT2D eigenvalue weighted by atomic mass is 10.3. The molecule has 0 aliphatic rings. The third kappa shape index (κ3) is 2.87. The first-order valence-corrected chi connectivity index (χ1v) is 7.50. The fourth-order valence-electron chi connectivity index (χ4n) is 1.82. The molecule has 108 valence electrons. The quantitative estimate of drug-likeness (QED) is 0.830. The summed E-state index contributed by atoms with van der Waals surface area (Å²) in [4.78, 5) is 4.29. The topological polar surface area (TPSA) is 105 Å². The minimum absolute atomic E-state index is 0.0372. The summed E-state index contributed by atoms with van der Waals surface area (Å²) < 4.78 is 26.1. The molecule has 0 aromatic carbocycles. The van der Waals surface area contributed by atoms with E-state index in [2.05, 4.69) is 15.2 Å². The van der Waals surface area contributed by atoms with Gasteiger partial charge in [-0.2, -0.15) is 9.40 Å². The van der Waals surface area contributed by atoms with Gasteiger partial charge in [-0.25, -0.2) is 8.42 Å². The summed E-state index contributed by atoms with van der Waals surface area (Å²) in [6, 6.07) is 5.49. The monoisotopic (exact) mass is 295 g/mol. The maximum atomic E-state index is 12.4. The molecule has 7 nitrogen and oxygen atoms in total. The first-order chi connectivity index (χ1) is 9.45. The molecule has 8 heteroatoms. The Kier molecular flexibility index (Phi) is 4.17. The SMILES string of the molecule is Cc1cccc(CN(C)S(=O)(=O)c2[nH]ncc2CN)n1. The van der Waals surface area contributed by atoms with Gasteiger partial charge in [0.15, 0.2) is 5.03 Å². The minimum Gasteiger partial charge on any atom is -0.326 e. The third-order valence-corrected chi connectivity index (χ3v) is 4.72. The summed E-state index contributed by atoms with van der Waals surface area (Å²) in [7, 11) is -2.15. The van der Waals surface area contributed by atoms with Crippen molar-refractivity contribution in [1.29, 1.82) is 0 Å². The summed E-state index contributed by atoms with van der Waals surface area (Å²) in [6.45, 7) is 2.16. The molecule has 2 aromatic heterocycles. The number of aromatic amines is 1. The molecule has 3 N–H and O–H groups in total. The van der Waals surface area contributed by atoms with Gasteiger partial charge >= 0.3 is 0 Å². The number of aromatic nitrogens is 3. The zero-order chi connectivity index (χ0) is 14.8. The molecule has 20 heavy (non-hydrogen) atoms. The second-order valence-electron chi connectivity index (χ2n) is 4.46. The zero-order valence-corrected chi connectivity index (χ0v) is 12.2. The molecule has 0 bridgehead atoms. The highest BCUT2D eigenvalue weighted by Crippen LogP contribution is 2.17. The van der Waals surface area contributed by atoms with Crippen molar-refractivity contribution in [2.24, 2.45) is 5.73 Å². The van der Waals surface area contributed by atoms with Crippen LogP contribution in [0.3, 0.4) is 0 Å². The third-order valence-electron chi connectivity index (χ3n) is 2.90. The molecule has 0 atom stereocenters. The molecule has 2 aromatic rings. The first-order valence-electron chi connectivity index (χ1n) is 6.06. The van der Waals surface area contributed by atoms with Gasteiger partial charge in [-0.15, -0.1) is 0 Å². The van der Waals surface area contributed by atoms with E-state index in [4.69, 9.17) is 5.73 Å². The van der Waals surface area contributed by atoms with E-state index in [0.717, 1.165) is 5.69 Å². The maximum absolute atomic E-state index is 12.4. The normalized spacial score (nSPS) is 12.0. The van der Waals surface area contributed by atoms with E-state index in [1.807, 2.05) is 19.1 Å². The van der Waals surface area contributed by atoms with Crippen LogP contribution in [0.15, 0.2) is 29.4 Å². The molecule has 2 heterocycles. The van der Waals surface area contributed by atoms with Crippen molar-refractivity contribution in [1.82, 2.24) is 19.5 Å². The Balaban J connectivity index is 2.26. The number of nitrogens with zero attached hydrogens (tertiary/aromatic N) is 3. The lowest BCUT2D eigenvalue weighted by Crippen LogP contribution is -2.28. The van der Waals surface area contributed by atoms with Gasteiger partial charge in [0.1, 0.15) is 0 Å². The molecule has 0 saturated heterocycles. The number of H-pyrrole nitrogens is 1. The second kappa shape index (κ2) is 5.70. The fraction of sp³-hybridized carbons (Fsp3) is 0.333. The van der Waals surface area contributed by atoms with Crippen molar-refractivity contribution < 1.29 is 8.42 Å². The summed E-state index contributed by atoms with van der Waals surface area (Å²) >= 11 is 0. The Hall–Kier alpha value is -1.77. The van der Waals surface area contributed by atoms with E-state index in [0.29, 0.717) is 11.3 Å². The smallest absolute Gasteiger partial charge is 0.260 e. The van der Waals surface area contributed by atoms with E-state index < -0.39 is 10.0 Å². The van der Waals surface area contributed by atoms with Gasteiger partial charge in [0.05, 0.1) is 18.4 Å². The van der Waals surface area contributed by atoms with E-state index in [-0.39, 0.29) is 18.1 Å². The molecule has 2 rings (SSSR count). The van der Waals surface area contributed by atoms with Crippen LogP contribution in [0.2, 0.25) is 0 Å². The van der Waals surface area contributed by atoms with Crippen molar-refractivity contribution in [3.63, 3.8) is 0 Å². The van der Waals surface area contributed by atoms with Gasteiger partial charge in [-0.3, -0.25) is 10.1 Å². The molecular weight excluding hydrogens is 278 g/mol. The maximum Gasteiger partial charge on any atom is 0.260 e. The number of aryl methyl sites for hydroxylation is 1. The van der Waals surface area contributed by atoms with Crippen LogP contribution in [0, 0.1) is 6.92 Å². The molecule has 0 saturated carbocycles. The Bertz CT molecular complexity index is 695. The van der Waals surface area contributed by atoms with Crippen LogP contribution >= 0.6 is 0 Å². The molecule has 0 aliphatic heterocycles. The van der Waals surface area contributed by atoms with Crippen molar-refractivity contribution >= 4 is 10.0 Å². The van der Waals surface area contributed by atoms with Gasteiger partial charge in [-0.1, -0.05) is 6.07 Å². The standard InChI is InChI=1S/C12H17N5O2S/c1-9-4-3-5-11(15-9)8-17(2)20(18,19)12-10(6-13)7-14-16-12/h3-5,7H,6,8,13H2,1-2H3,(H,14,16). The zero-order valence-electron chi connectivity index (χ0n) is 11.4. The van der Waals surface area contributed by atoms with E-state index in [1.165, 1.54) is 17.5 Å². The second-order valence-corrected chi connectivity index (χ2v) is 6.44. The molecule has 0 amide bonds. The average Bonchev–Trinajstić information content (AvgIpc) is 2.87. The Morgan fingerprint density at radius 1 is 1.40 bits per heavy atom. The Morgan fingerprint density at radius 3 is 2.80 bits per heavy atom. The van der Waals surface area contributed by atoms with Crippen LogP contribution < -0.4 is 5.73 Å². The number of rotatable bonds is 5. The summed E-state index contributed by atoms with van der Waals surface area (Å²) in [5, 5.41) is 6.27. The molecule has 0 aliphatic carbocycles. The van der Waals surface area contributed by atoms with Gasteiger partial charge in [0.25, 0.3) is 10.0 Å². The summed E-state index contributed by atoms with van der Waals surface area (Å²) in [5.41, 5.74) is 7.51. The minimum atomic E-state index is -3.65. The number of nitrogens with two attached hydrogens (primary N) is 1. The van der Waals surface area contributed by atoms with Crippen molar-refractivity contribution in [3.05, 3.63) is 41.3 Å². The number of hydrogen-bond donors (Lipinski definition) is 2. The summed E-state index contributed by atoms with van der Waals surface area (Å²) in [5.74, 6) is 0. The number of nitrogens with one attached hydrogen (secondary N) is 1. The first kappa shape index (κ1) is 14.6. The van der Waals surface area contributed by atoms with Gasteiger partial charge in [0, 0.05) is 24.8 Å². The highest BCUT2D eigenvalue weighted by molar-refractivity contribution is 7.89. The van der Waals surface area contributed by atoms with E-state index in [1.54, 1.807) is 6.07 Å². The van der Waals surface area contributed by atoms with Crippen LogP contribution in [-0.4, -0.2) is 35.0 Å². The highest BCUT2D eigenvalue weighted by Gasteiger charge is 2.25. The Labute approximate surface area is 117 Å². The van der Waals surface area contributed by atoms with Crippen LogP contribution in [0.5, 0.6) is 0 Å². The number of sulfonamides is 1. The predicted octanol–water partition coefficient (Wildman–Crippen LogP) is 0.393. The largest absolute Gasteiger partial charge is 0.326 e. The molecule has 0 spiro atoms. The van der Waals surface area contributed by atoms with Crippen molar-refractivity contribution in [2.45, 2.75) is 25.0 Å². The van der Waals surface area contributed by atoms with Crippen LogP contribution in [-0.2, 0) is 23.1 Å². The predicted molar refractivity (Wildman–Crippen MR) is 74.1 cm³/mol. The van der Waals surface area contributed by atoms with E-state index in [9.17, 15) is 8.42 Å². The van der Waals surface area contributed by atoms with Crippen LogP contribution in [0.4, 0.5) is 0 Å². The lowest BCUT2D eigenvalue weighted by Gasteiger charge is -2.16. The molecule has 0 unspecified atom stereocenters. The van der Waals surface area contributed by atoms with Crippen LogP contribution in [0.25, 0.3) is 0 Å². The average molecular weight is 295 g/mol. The number of pyridine rings is 1. The van der Waals surface area contributed by atoms with Crippen molar-refractivity contribution in [2.75, 3.05) is 7.05 Å². The number of hydrogen-bond acceptors (Lipinski definition) is 5. The molecule has 0 fully saturated rings. The molecule has 0 radical (unpaired) electrons.